The summed E-state index contributed by atoms with van der Waals surface area (Å²) in [5.41, 5.74) is 6.77. The Morgan fingerprint density at radius 1 is 1.34 bits per heavy atom. The molecule has 1 saturated carbocycles. The van der Waals surface area contributed by atoms with Gasteiger partial charge in [-0.1, -0.05) is 25.7 Å². The number of hydrogen-bond donors (Lipinski definition) is 1. The van der Waals surface area contributed by atoms with Crippen molar-refractivity contribution in [2.75, 3.05) is 19.3 Å². The van der Waals surface area contributed by atoms with Crippen LogP contribution in [0.25, 0.3) is 17.5 Å². The lowest BCUT2D eigenvalue weighted by molar-refractivity contribution is 0.112. The Hall–Kier alpha value is -3.27. The molecule has 0 spiro atoms. The number of benzene rings is 1. The van der Waals surface area contributed by atoms with Crippen LogP contribution in [0.2, 0.25) is 0 Å². The molecule has 1 heterocycles. The largest absolute Gasteiger partial charge is 0.382 e. The topological polar surface area (TPSA) is 95.9 Å². The van der Waals surface area contributed by atoms with Crippen LogP contribution in [0.4, 0.5) is 10.2 Å². The average molecular weight is 393 g/mol. The number of aromatic nitrogens is 2. The molecule has 6 nitrogen and oxygen atoms in total. The van der Waals surface area contributed by atoms with E-state index in [-0.39, 0.29) is 28.3 Å². The molecule has 0 aliphatic heterocycles. The number of rotatable bonds is 9. The van der Waals surface area contributed by atoms with Gasteiger partial charge >= 0.3 is 0 Å². The van der Waals surface area contributed by atoms with E-state index in [0.29, 0.717) is 11.8 Å². The number of carbonyl (C=O) groups is 1. The zero-order valence-corrected chi connectivity index (χ0v) is 16.4. The Bertz CT molecular complexity index is 962. The number of nitrogens with two attached hydrogens (primary N) is 1. The maximum atomic E-state index is 14.5. The molecule has 0 unspecified atom stereocenters. The molecular weight excluding hydrogens is 369 g/mol. The third-order valence-electron chi connectivity index (χ3n) is 5.06. The Balaban J connectivity index is 1.76. The highest BCUT2D eigenvalue weighted by Crippen LogP contribution is 2.33. The van der Waals surface area contributed by atoms with E-state index in [1.807, 2.05) is 19.3 Å². The molecule has 2 N–H and O–H groups in total. The van der Waals surface area contributed by atoms with Gasteiger partial charge < -0.3 is 10.6 Å². The van der Waals surface area contributed by atoms with Crippen molar-refractivity contribution in [2.24, 2.45) is 5.92 Å². The lowest BCUT2D eigenvalue weighted by atomic mass is 10.0. The van der Waals surface area contributed by atoms with Gasteiger partial charge in [0.05, 0.1) is 11.8 Å². The summed E-state index contributed by atoms with van der Waals surface area (Å²) in [5.74, 6) is 0.378. The van der Waals surface area contributed by atoms with Gasteiger partial charge in [0.1, 0.15) is 23.3 Å². The van der Waals surface area contributed by atoms with Crippen LogP contribution >= 0.6 is 0 Å². The van der Waals surface area contributed by atoms with Gasteiger partial charge in [0.2, 0.25) is 0 Å². The smallest absolute Gasteiger partial charge is 0.164 e. The van der Waals surface area contributed by atoms with Gasteiger partial charge in [-0.2, -0.15) is 5.26 Å². The summed E-state index contributed by atoms with van der Waals surface area (Å²) in [6, 6.07) is 4.56. The molecule has 1 aromatic heterocycles. The molecule has 1 aliphatic carbocycles. The van der Waals surface area contributed by atoms with Crippen LogP contribution < -0.4 is 5.73 Å². The number of carbonyl (C=O) groups excluding carboxylic acids is 1. The minimum atomic E-state index is -0.623. The van der Waals surface area contributed by atoms with E-state index in [1.54, 1.807) is 6.08 Å². The first-order chi connectivity index (χ1) is 14.0. The monoisotopic (exact) mass is 393 g/mol. The van der Waals surface area contributed by atoms with Gasteiger partial charge in [0.15, 0.2) is 12.1 Å². The number of unbranched alkanes of at least 4 members (excludes halogenated alkanes) is 1. The van der Waals surface area contributed by atoms with Crippen LogP contribution in [-0.4, -0.2) is 34.7 Å². The van der Waals surface area contributed by atoms with Crippen molar-refractivity contribution in [1.82, 2.24) is 14.9 Å². The number of halogens is 1. The van der Waals surface area contributed by atoms with E-state index in [4.69, 9.17) is 11.0 Å². The van der Waals surface area contributed by atoms with Crippen LogP contribution in [0, 0.1) is 23.1 Å². The summed E-state index contributed by atoms with van der Waals surface area (Å²) in [6.45, 7) is 0.920. The zero-order chi connectivity index (χ0) is 20.8. The van der Waals surface area contributed by atoms with Gasteiger partial charge in [-0.25, -0.2) is 14.4 Å². The van der Waals surface area contributed by atoms with Crippen LogP contribution in [0.15, 0.2) is 24.5 Å². The van der Waals surface area contributed by atoms with E-state index in [2.05, 4.69) is 14.9 Å². The molecule has 1 aromatic carbocycles. The first-order valence-corrected chi connectivity index (χ1v) is 9.72. The maximum absolute atomic E-state index is 14.5. The SMILES string of the molecule is CN(/C=C\c1cc(-c2ncc(C#N)c(N)n2)c(F)cc1C=O)CCCCC1CC1. The predicted molar refractivity (Wildman–Crippen MR) is 110 cm³/mol. The van der Waals surface area contributed by atoms with Gasteiger partial charge in [0.25, 0.3) is 0 Å². The fourth-order valence-electron chi connectivity index (χ4n) is 3.12. The second-order valence-electron chi connectivity index (χ2n) is 7.42. The minimum absolute atomic E-state index is 0.0145. The van der Waals surface area contributed by atoms with Gasteiger partial charge in [0, 0.05) is 19.2 Å². The summed E-state index contributed by atoms with van der Waals surface area (Å²) in [4.78, 5) is 21.5. The first kappa shape index (κ1) is 20.5. The second-order valence-corrected chi connectivity index (χ2v) is 7.42. The highest BCUT2D eigenvalue weighted by molar-refractivity contribution is 5.84. The average Bonchev–Trinajstić information content (AvgIpc) is 3.54. The molecule has 2 aromatic rings. The quantitative estimate of drug-likeness (QED) is 0.510. The lowest BCUT2D eigenvalue weighted by Crippen LogP contribution is -2.12. The van der Waals surface area contributed by atoms with Crippen molar-refractivity contribution in [3.8, 4) is 17.5 Å². The molecule has 0 atom stereocenters. The van der Waals surface area contributed by atoms with Crippen LogP contribution in [0.1, 0.15) is 53.6 Å². The third-order valence-corrected chi connectivity index (χ3v) is 5.06. The summed E-state index contributed by atoms with van der Waals surface area (Å²) < 4.78 is 14.5. The van der Waals surface area contributed by atoms with Crippen LogP contribution in [-0.2, 0) is 0 Å². The van der Waals surface area contributed by atoms with Gasteiger partial charge in [-0.3, -0.25) is 4.79 Å². The second kappa shape index (κ2) is 9.28. The van der Waals surface area contributed by atoms with Crippen LogP contribution in [0.5, 0.6) is 0 Å². The summed E-state index contributed by atoms with van der Waals surface area (Å²) in [6.07, 6.45) is 12.0. The molecular formula is C22H24FN5O. The number of aldehydes is 1. The molecule has 0 bridgehead atoms. The standard InChI is InChI=1S/C22H24FN5O/c1-28(8-3-2-4-15-5-6-15)9-7-16-10-19(20(23)11-17(16)14-29)22-26-13-18(12-24)21(25)27-22/h7,9-11,13-15H,2-6,8H2,1H3,(H2,25,26,27)/b9-7-. The Morgan fingerprint density at radius 3 is 2.79 bits per heavy atom. The minimum Gasteiger partial charge on any atom is -0.382 e. The molecule has 150 valence electrons. The fourth-order valence-corrected chi connectivity index (χ4v) is 3.12. The van der Waals surface area contributed by atoms with Crippen molar-refractivity contribution >= 4 is 18.2 Å². The van der Waals surface area contributed by atoms with E-state index in [0.717, 1.165) is 24.9 Å². The van der Waals surface area contributed by atoms with Crippen molar-refractivity contribution in [3.63, 3.8) is 0 Å². The third kappa shape index (κ3) is 5.38. The Morgan fingerprint density at radius 2 is 2.14 bits per heavy atom. The molecule has 1 fully saturated rings. The molecule has 3 rings (SSSR count). The fraction of sp³-hybridized carbons (Fsp3) is 0.364. The molecule has 7 heteroatoms. The zero-order valence-electron chi connectivity index (χ0n) is 16.4. The Labute approximate surface area is 169 Å². The normalized spacial score (nSPS) is 13.4. The summed E-state index contributed by atoms with van der Waals surface area (Å²) in [5, 5.41) is 8.94. The molecule has 29 heavy (non-hydrogen) atoms. The van der Waals surface area contributed by atoms with Crippen molar-refractivity contribution in [3.05, 3.63) is 47.0 Å². The molecule has 0 amide bonds. The first-order valence-electron chi connectivity index (χ1n) is 9.72. The molecule has 0 radical (unpaired) electrons. The maximum Gasteiger partial charge on any atom is 0.164 e. The number of hydrogen-bond acceptors (Lipinski definition) is 6. The van der Waals surface area contributed by atoms with E-state index in [9.17, 15) is 9.18 Å². The van der Waals surface area contributed by atoms with Crippen molar-refractivity contribution in [1.29, 1.82) is 5.26 Å². The van der Waals surface area contributed by atoms with E-state index in [1.165, 1.54) is 37.9 Å². The lowest BCUT2D eigenvalue weighted by Gasteiger charge is -2.14. The van der Waals surface area contributed by atoms with Gasteiger partial charge in [-0.15, -0.1) is 0 Å². The van der Waals surface area contributed by atoms with Crippen LogP contribution in [0.3, 0.4) is 0 Å². The molecule has 1 aliphatic rings. The number of nitrogen functional groups attached to an aromatic ring is 1. The summed E-state index contributed by atoms with van der Waals surface area (Å²) in [7, 11) is 1.98. The van der Waals surface area contributed by atoms with E-state index < -0.39 is 5.82 Å². The number of nitrogens with zero attached hydrogens (tertiary/aromatic N) is 4. The van der Waals surface area contributed by atoms with Gasteiger partial charge in [-0.05, 0) is 42.3 Å². The Kier molecular flexibility index (Phi) is 6.55. The number of nitriles is 1. The highest BCUT2D eigenvalue weighted by Gasteiger charge is 2.20. The van der Waals surface area contributed by atoms with E-state index >= 15 is 0 Å². The molecule has 0 saturated heterocycles. The predicted octanol–water partition coefficient (Wildman–Crippen LogP) is 4.03. The highest BCUT2D eigenvalue weighted by atomic mass is 19.1. The summed E-state index contributed by atoms with van der Waals surface area (Å²) >= 11 is 0. The number of anilines is 1. The van der Waals surface area contributed by atoms with Crippen molar-refractivity contribution in [2.45, 2.75) is 32.1 Å². The van der Waals surface area contributed by atoms with Crippen molar-refractivity contribution < 1.29 is 9.18 Å².